The Balaban J connectivity index is 1.58. The summed E-state index contributed by atoms with van der Waals surface area (Å²) in [5.41, 5.74) is 5.90. The third-order valence-electron chi connectivity index (χ3n) is 4.64. The molecule has 0 spiro atoms. The van der Waals surface area contributed by atoms with E-state index < -0.39 is 0 Å². The summed E-state index contributed by atoms with van der Waals surface area (Å²) in [6.07, 6.45) is 8.15. The molecule has 6 heteroatoms. The topological polar surface area (TPSA) is 80.0 Å². The molecule has 1 aromatic rings. The maximum atomic E-state index is 12.3. The Bertz CT molecular complexity index is 504. The Morgan fingerprint density at radius 3 is 2.52 bits per heavy atom. The van der Waals surface area contributed by atoms with E-state index in [0.717, 1.165) is 23.9 Å². The van der Waals surface area contributed by atoms with Crippen LogP contribution in [-0.2, 0) is 0 Å². The van der Waals surface area contributed by atoms with E-state index in [2.05, 4.69) is 22.5 Å². The van der Waals surface area contributed by atoms with E-state index in [0.29, 0.717) is 22.8 Å². The van der Waals surface area contributed by atoms with Gasteiger partial charge in [-0.3, -0.25) is 4.79 Å². The lowest BCUT2D eigenvalue weighted by atomic mass is 9.87. The minimum Gasteiger partial charge on any atom is -0.382 e. The summed E-state index contributed by atoms with van der Waals surface area (Å²) in [5.74, 6) is 1.07. The van der Waals surface area contributed by atoms with E-state index in [1.165, 1.54) is 43.4 Å². The van der Waals surface area contributed by atoms with Crippen LogP contribution in [-0.4, -0.2) is 23.0 Å². The highest BCUT2D eigenvalue weighted by molar-refractivity contribution is 7.18. The van der Waals surface area contributed by atoms with Crippen molar-refractivity contribution in [3.05, 3.63) is 4.88 Å². The van der Waals surface area contributed by atoms with Crippen LogP contribution in [0.15, 0.2) is 0 Å². The molecular weight excluding hydrogens is 284 g/mol. The summed E-state index contributed by atoms with van der Waals surface area (Å²) in [6.45, 7) is 2.28. The summed E-state index contributed by atoms with van der Waals surface area (Å²) in [5, 5.41) is 7.24. The average molecular weight is 308 g/mol. The molecule has 2 fully saturated rings. The molecule has 0 aromatic carbocycles. The predicted octanol–water partition coefficient (Wildman–Crippen LogP) is 3.00. The van der Waals surface area contributed by atoms with Crippen molar-refractivity contribution >= 4 is 28.2 Å². The lowest BCUT2D eigenvalue weighted by Gasteiger charge is -2.26. The second kappa shape index (κ2) is 6.22. The molecule has 0 atom stereocenters. The largest absolute Gasteiger partial charge is 0.382 e. The number of nitrogens with two attached hydrogens (primary N) is 1. The number of rotatable bonds is 4. The van der Waals surface area contributed by atoms with Gasteiger partial charge in [-0.2, -0.15) is 0 Å². The highest BCUT2D eigenvalue weighted by atomic mass is 32.1. The maximum Gasteiger partial charge on any atom is 0.265 e. The average Bonchev–Trinajstić information content (AvgIpc) is 2.78. The fraction of sp³-hybridized carbons (Fsp3) is 0.733. The second-order valence-electron chi connectivity index (χ2n) is 6.44. The van der Waals surface area contributed by atoms with Crippen LogP contribution in [0.3, 0.4) is 0 Å². The number of hydrogen-bond acceptors (Lipinski definition) is 5. The number of aromatic nitrogens is 1. The van der Waals surface area contributed by atoms with E-state index >= 15 is 0 Å². The van der Waals surface area contributed by atoms with Crippen LogP contribution in [0.5, 0.6) is 0 Å². The zero-order chi connectivity index (χ0) is 14.8. The summed E-state index contributed by atoms with van der Waals surface area (Å²) in [7, 11) is 0. The molecule has 116 valence electrons. The Labute approximate surface area is 129 Å². The fourth-order valence-corrected chi connectivity index (χ4v) is 3.80. The van der Waals surface area contributed by atoms with Gasteiger partial charge in [0.2, 0.25) is 0 Å². The Kier molecular flexibility index (Phi) is 4.33. The first kappa shape index (κ1) is 14.6. The molecule has 5 nitrogen and oxygen atoms in total. The molecule has 0 aliphatic heterocycles. The molecule has 4 N–H and O–H groups in total. The fourth-order valence-electron chi connectivity index (χ4n) is 2.94. The zero-order valence-corrected chi connectivity index (χ0v) is 13.3. The molecule has 1 aromatic heterocycles. The van der Waals surface area contributed by atoms with Gasteiger partial charge in [0.25, 0.3) is 5.91 Å². The Hall–Kier alpha value is -1.30. The number of nitrogens with one attached hydrogen (secondary N) is 2. The first-order chi connectivity index (χ1) is 10.1. The van der Waals surface area contributed by atoms with Gasteiger partial charge in [-0.25, -0.2) is 4.98 Å². The standard InChI is InChI=1S/C15H24N4OS/c1-9-5-7-11(8-6-9)17-14(20)12-13(16)19-15(21-12)18-10-3-2-4-10/h9-11H,2-8,16H2,1H3,(H,17,20)(H,18,19). The molecule has 0 bridgehead atoms. The Morgan fingerprint density at radius 1 is 1.19 bits per heavy atom. The number of nitrogen functional groups attached to an aromatic ring is 1. The maximum absolute atomic E-state index is 12.3. The van der Waals surface area contributed by atoms with Crippen LogP contribution >= 0.6 is 11.3 Å². The zero-order valence-electron chi connectivity index (χ0n) is 12.5. The van der Waals surface area contributed by atoms with Gasteiger partial charge >= 0.3 is 0 Å². The van der Waals surface area contributed by atoms with Crippen molar-refractivity contribution in [1.82, 2.24) is 10.3 Å². The lowest BCUT2D eigenvalue weighted by Crippen LogP contribution is -2.37. The van der Waals surface area contributed by atoms with Gasteiger partial charge in [0.05, 0.1) is 0 Å². The summed E-state index contributed by atoms with van der Waals surface area (Å²) >= 11 is 1.38. The number of nitrogens with zero attached hydrogens (tertiary/aromatic N) is 1. The first-order valence-electron chi connectivity index (χ1n) is 7.95. The summed E-state index contributed by atoms with van der Waals surface area (Å²) < 4.78 is 0. The molecule has 0 saturated heterocycles. The quantitative estimate of drug-likeness (QED) is 0.799. The van der Waals surface area contributed by atoms with Gasteiger partial charge in [0, 0.05) is 12.1 Å². The highest BCUT2D eigenvalue weighted by Gasteiger charge is 2.24. The SMILES string of the molecule is CC1CCC(NC(=O)c2sc(NC3CCC3)nc2N)CC1. The van der Waals surface area contributed by atoms with E-state index in [-0.39, 0.29) is 5.91 Å². The molecule has 1 heterocycles. The Morgan fingerprint density at radius 2 is 1.90 bits per heavy atom. The third kappa shape index (κ3) is 3.48. The van der Waals surface area contributed by atoms with Crippen LogP contribution in [0.4, 0.5) is 10.9 Å². The lowest BCUT2D eigenvalue weighted by molar-refractivity contribution is 0.0928. The van der Waals surface area contributed by atoms with E-state index in [4.69, 9.17) is 5.73 Å². The van der Waals surface area contributed by atoms with Crippen molar-refractivity contribution in [1.29, 1.82) is 0 Å². The van der Waals surface area contributed by atoms with Gasteiger partial charge < -0.3 is 16.4 Å². The van der Waals surface area contributed by atoms with Gasteiger partial charge in [-0.05, 0) is 50.9 Å². The van der Waals surface area contributed by atoms with Gasteiger partial charge in [0.15, 0.2) is 5.13 Å². The van der Waals surface area contributed by atoms with Crippen LogP contribution in [0.1, 0.15) is 61.5 Å². The molecule has 2 aliphatic rings. The minimum absolute atomic E-state index is 0.0637. The number of amides is 1. The molecule has 2 aliphatic carbocycles. The van der Waals surface area contributed by atoms with Gasteiger partial charge in [-0.15, -0.1) is 0 Å². The molecule has 0 unspecified atom stereocenters. The van der Waals surface area contributed by atoms with Crippen molar-refractivity contribution < 1.29 is 4.79 Å². The first-order valence-corrected chi connectivity index (χ1v) is 8.77. The number of hydrogen-bond donors (Lipinski definition) is 3. The highest BCUT2D eigenvalue weighted by Crippen LogP contribution is 2.30. The summed E-state index contributed by atoms with van der Waals surface area (Å²) in [6, 6.07) is 0.796. The monoisotopic (exact) mass is 308 g/mol. The van der Waals surface area contributed by atoms with Gasteiger partial charge in [-0.1, -0.05) is 18.3 Å². The second-order valence-corrected chi connectivity index (χ2v) is 7.43. The van der Waals surface area contributed by atoms with Crippen molar-refractivity contribution in [2.45, 2.75) is 64.0 Å². The van der Waals surface area contributed by atoms with E-state index in [1.807, 2.05) is 0 Å². The van der Waals surface area contributed by atoms with Crippen molar-refractivity contribution in [2.24, 2.45) is 5.92 Å². The van der Waals surface area contributed by atoms with Crippen LogP contribution < -0.4 is 16.4 Å². The number of carbonyl (C=O) groups excluding carboxylic acids is 1. The molecule has 2 saturated carbocycles. The number of thiazole rings is 1. The number of carbonyl (C=O) groups is 1. The molecule has 1 amide bonds. The van der Waals surface area contributed by atoms with E-state index in [1.54, 1.807) is 0 Å². The third-order valence-corrected chi connectivity index (χ3v) is 5.64. The van der Waals surface area contributed by atoms with Gasteiger partial charge in [0.1, 0.15) is 10.7 Å². The number of anilines is 2. The van der Waals surface area contributed by atoms with Crippen molar-refractivity contribution in [3.8, 4) is 0 Å². The van der Waals surface area contributed by atoms with Crippen LogP contribution in [0.2, 0.25) is 0 Å². The molecule has 0 radical (unpaired) electrons. The molecule has 3 rings (SSSR count). The van der Waals surface area contributed by atoms with Crippen molar-refractivity contribution in [2.75, 3.05) is 11.1 Å². The minimum atomic E-state index is -0.0637. The molecule has 21 heavy (non-hydrogen) atoms. The normalized spacial score (nSPS) is 26.1. The predicted molar refractivity (Wildman–Crippen MR) is 86.7 cm³/mol. The van der Waals surface area contributed by atoms with Crippen molar-refractivity contribution in [3.63, 3.8) is 0 Å². The molecular formula is C15H24N4OS. The summed E-state index contributed by atoms with van der Waals surface area (Å²) in [4.78, 5) is 17.2. The van der Waals surface area contributed by atoms with E-state index in [9.17, 15) is 4.79 Å². The van der Waals surface area contributed by atoms with Crippen LogP contribution in [0.25, 0.3) is 0 Å². The smallest absolute Gasteiger partial charge is 0.265 e. The van der Waals surface area contributed by atoms with Crippen LogP contribution in [0, 0.1) is 5.92 Å².